The third-order valence-electron chi connectivity index (χ3n) is 4.71. The van der Waals surface area contributed by atoms with Crippen LogP contribution in [0.3, 0.4) is 0 Å². The number of aromatic nitrogens is 2. The summed E-state index contributed by atoms with van der Waals surface area (Å²) in [7, 11) is 0. The molecule has 0 bridgehead atoms. The maximum atomic E-state index is 12.5. The van der Waals surface area contributed by atoms with Gasteiger partial charge >= 0.3 is 0 Å². The molecule has 3 aromatic rings. The van der Waals surface area contributed by atoms with Gasteiger partial charge in [-0.25, -0.2) is 4.68 Å². The van der Waals surface area contributed by atoms with E-state index in [4.69, 9.17) is 9.47 Å². The van der Waals surface area contributed by atoms with Crippen molar-refractivity contribution < 1.29 is 14.3 Å². The van der Waals surface area contributed by atoms with Crippen molar-refractivity contribution in [1.82, 2.24) is 9.78 Å². The second-order valence-electron chi connectivity index (χ2n) is 6.58. The van der Waals surface area contributed by atoms with E-state index in [0.29, 0.717) is 17.2 Å². The van der Waals surface area contributed by atoms with E-state index in [1.807, 2.05) is 38.1 Å². The van der Waals surface area contributed by atoms with E-state index in [1.165, 1.54) is 6.07 Å². The molecule has 0 atom stereocenters. The first-order valence-electron chi connectivity index (χ1n) is 8.85. The first-order chi connectivity index (χ1) is 13.5. The van der Waals surface area contributed by atoms with E-state index >= 15 is 0 Å². The normalized spacial score (nSPS) is 12.1. The van der Waals surface area contributed by atoms with Crippen LogP contribution in [0.1, 0.15) is 11.1 Å². The summed E-state index contributed by atoms with van der Waals surface area (Å²) in [5.41, 5.74) is 3.79. The van der Waals surface area contributed by atoms with E-state index in [0.717, 1.165) is 27.1 Å². The highest BCUT2D eigenvalue weighted by molar-refractivity contribution is 5.91. The fraction of sp³-hybridized carbons (Fsp3) is 0.190. The number of hydrogen-bond donors (Lipinski definition) is 1. The van der Waals surface area contributed by atoms with Gasteiger partial charge in [0.05, 0.1) is 5.69 Å². The molecule has 2 heterocycles. The van der Waals surface area contributed by atoms with E-state index in [2.05, 4.69) is 10.4 Å². The van der Waals surface area contributed by atoms with Crippen molar-refractivity contribution in [3.63, 3.8) is 0 Å². The predicted octanol–water partition coefficient (Wildman–Crippen LogP) is 2.89. The van der Waals surface area contributed by atoms with Crippen LogP contribution in [0.2, 0.25) is 0 Å². The lowest BCUT2D eigenvalue weighted by molar-refractivity contribution is -0.117. The van der Waals surface area contributed by atoms with Gasteiger partial charge in [-0.2, -0.15) is 5.10 Å². The average molecular weight is 377 g/mol. The van der Waals surface area contributed by atoms with Crippen LogP contribution in [0.5, 0.6) is 11.5 Å². The standard InChI is InChI=1S/C21H19N3O4/c1-13-4-3-5-16(14(13)2)22-20(25)11-24-21(26)9-7-17(23-24)15-6-8-18-19(10-15)28-12-27-18/h3-10H,11-12H2,1-2H3,(H,22,25). The Hall–Kier alpha value is -3.61. The number of fused-ring (bicyclic) bond motifs is 1. The summed E-state index contributed by atoms with van der Waals surface area (Å²) in [5, 5.41) is 7.18. The Kier molecular flexibility index (Phi) is 4.57. The highest BCUT2D eigenvalue weighted by atomic mass is 16.7. The molecule has 0 spiro atoms. The summed E-state index contributed by atoms with van der Waals surface area (Å²) >= 11 is 0. The van der Waals surface area contributed by atoms with Crippen molar-refractivity contribution in [2.45, 2.75) is 20.4 Å². The van der Waals surface area contributed by atoms with Crippen LogP contribution in [0, 0.1) is 13.8 Å². The average Bonchev–Trinajstić information content (AvgIpc) is 3.15. The van der Waals surface area contributed by atoms with Crippen molar-refractivity contribution in [2.24, 2.45) is 0 Å². The van der Waals surface area contributed by atoms with Crippen molar-refractivity contribution >= 4 is 11.6 Å². The lowest BCUT2D eigenvalue weighted by atomic mass is 10.1. The number of nitrogens with one attached hydrogen (secondary N) is 1. The highest BCUT2D eigenvalue weighted by Crippen LogP contribution is 2.35. The molecular formula is C21H19N3O4. The quantitative estimate of drug-likeness (QED) is 0.756. The fourth-order valence-corrected chi connectivity index (χ4v) is 2.98. The zero-order chi connectivity index (χ0) is 19.7. The van der Waals surface area contributed by atoms with Gasteiger partial charge in [0, 0.05) is 17.3 Å². The molecular weight excluding hydrogens is 358 g/mol. The molecule has 1 aliphatic heterocycles. The number of hydrogen-bond acceptors (Lipinski definition) is 5. The Morgan fingerprint density at radius 1 is 1.11 bits per heavy atom. The molecule has 1 aromatic heterocycles. The van der Waals surface area contributed by atoms with Gasteiger partial charge in [0.2, 0.25) is 12.7 Å². The molecule has 7 nitrogen and oxygen atoms in total. The molecule has 0 saturated heterocycles. The molecule has 0 saturated carbocycles. The van der Waals surface area contributed by atoms with Gasteiger partial charge < -0.3 is 14.8 Å². The van der Waals surface area contributed by atoms with E-state index < -0.39 is 0 Å². The van der Waals surface area contributed by atoms with Crippen LogP contribution >= 0.6 is 0 Å². The molecule has 0 unspecified atom stereocenters. The van der Waals surface area contributed by atoms with E-state index in [9.17, 15) is 9.59 Å². The molecule has 28 heavy (non-hydrogen) atoms. The van der Waals surface area contributed by atoms with Gasteiger partial charge in [-0.05, 0) is 55.3 Å². The largest absolute Gasteiger partial charge is 0.454 e. The summed E-state index contributed by atoms with van der Waals surface area (Å²) in [4.78, 5) is 24.6. The van der Waals surface area contributed by atoms with Crippen LogP contribution in [-0.4, -0.2) is 22.5 Å². The van der Waals surface area contributed by atoms with Crippen molar-refractivity contribution in [3.8, 4) is 22.8 Å². The number of carbonyl (C=O) groups is 1. The highest BCUT2D eigenvalue weighted by Gasteiger charge is 2.15. The minimum Gasteiger partial charge on any atom is -0.454 e. The summed E-state index contributed by atoms with van der Waals surface area (Å²) < 4.78 is 11.8. The molecule has 2 aromatic carbocycles. The first kappa shape index (κ1) is 17.8. The number of carbonyl (C=O) groups excluding carboxylic acids is 1. The Balaban J connectivity index is 1.56. The number of rotatable bonds is 4. The van der Waals surface area contributed by atoms with Crippen LogP contribution in [-0.2, 0) is 11.3 Å². The minimum absolute atomic E-state index is 0.176. The first-order valence-corrected chi connectivity index (χ1v) is 8.85. The minimum atomic E-state index is -0.347. The molecule has 1 amide bonds. The maximum absolute atomic E-state index is 12.5. The van der Waals surface area contributed by atoms with Crippen LogP contribution in [0.15, 0.2) is 53.3 Å². The molecule has 142 valence electrons. The monoisotopic (exact) mass is 377 g/mol. The zero-order valence-corrected chi connectivity index (χ0v) is 15.6. The second-order valence-corrected chi connectivity index (χ2v) is 6.58. The molecule has 7 heteroatoms. The Bertz CT molecular complexity index is 1120. The number of nitrogens with zero attached hydrogens (tertiary/aromatic N) is 2. The van der Waals surface area contributed by atoms with Gasteiger partial charge in [0.15, 0.2) is 11.5 Å². The molecule has 0 aliphatic carbocycles. The topological polar surface area (TPSA) is 82.5 Å². The third-order valence-corrected chi connectivity index (χ3v) is 4.71. The third kappa shape index (κ3) is 3.46. The zero-order valence-electron chi connectivity index (χ0n) is 15.6. The number of aryl methyl sites for hydroxylation is 1. The number of amides is 1. The van der Waals surface area contributed by atoms with Crippen LogP contribution < -0.4 is 20.3 Å². The molecule has 0 fully saturated rings. The van der Waals surface area contributed by atoms with E-state index in [-0.39, 0.29) is 24.8 Å². The van der Waals surface area contributed by atoms with Crippen LogP contribution in [0.4, 0.5) is 5.69 Å². The number of anilines is 1. The summed E-state index contributed by atoms with van der Waals surface area (Å²) in [6, 6.07) is 14.1. The van der Waals surface area contributed by atoms with Crippen molar-refractivity contribution in [1.29, 1.82) is 0 Å². The predicted molar refractivity (Wildman–Crippen MR) is 105 cm³/mol. The molecule has 0 radical (unpaired) electrons. The smallest absolute Gasteiger partial charge is 0.267 e. The van der Waals surface area contributed by atoms with Gasteiger partial charge in [0.25, 0.3) is 5.56 Å². The second kappa shape index (κ2) is 7.19. The fourth-order valence-electron chi connectivity index (χ4n) is 2.98. The Labute approximate surface area is 161 Å². The summed E-state index contributed by atoms with van der Waals surface area (Å²) in [6.45, 7) is 3.93. The van der Waals surface area contributed by atoms with Crippen molar-refractivity contribution in [2.75, 3.05) is 12.1 Å². The van der Waals surface area contributed by atoms with Gasteiger partial charge in [-0.15, -0.1) is 0 Å². The summed E-state index contributed by atoms with van der Waals surface area (Å²) in [5.74, 6) is 0.987. The number of benzene rings is 2. The molecule has 1 N–H and O–H groups in total. The Morgan fingerprint density at radius 3 is 2.79 bits per heavy atom. The number of ether oxygens (including phenoxy) is 2. The lowest BCUT2D eigenvalue weighted by Crippen LogP contribution is -2.29. The van der Waals surface area contributed by atoms with Gasteiger partial charge in [0.1, 0.15) is 6.54 Å². The van der Waals surface area contributed by atoms with Crippen molar-refractivity contribution in [3.05, 3.63) is 70.0 Å². The van der Waals surface area contributed by atoms with Gasteiger partial charge in [-0.1, -0.05) is 12.1 Å². The van der Waals surface area contributed by atoms with Gasteiger partial charge in [-0.3, -0.25) is 9.59 Å². The molecule has 1 aliphatic rings. The maximum Gasteiger partial charge on any atom is 0.267 e. The van der Waals surface area contributed by atoms with E-state index in [1.54, 1.807) is 18.2 Å². The Morgan fingerprint density at radius 2 is 1.93 bits per heavy atom. The summed E-state index contributed by atoms with van der Waals surface area (Å²) in [6.07, 6.45) is 0. The molecule has 4 rings (SSSR count). The SMILES string of the molecule is Cc1cccc(NC(=O)Cn2nc(-c3ccc4c(c3)OCO4)ccc2=O)c1C. The van der Waals surface area contributed by atoms with Crippen LogP contribution in [0.25, 0.3) is 11.3 Å². The lowest BCUT2D eigenvalue weighted by Gasteiger charge is -2.11.